The van der Waals surface area contributed by atoms with E-state index < -0.39 is 11.7 Å². The summed E-state index contributed by atoms with van der Waals surface area (Å²) in [5, 5.41) is 10.8. The van der Waals surface area contributed by atoms with Gasteiger partial charge in [0.15, 0.2) is 0 Å². The van der Waals surface area contributed by atoms with Gasteiger partial charge in [-0.3, -0.25) is 4.79 Å². The van der Waals surface area contributed by atoms with E-state index in [4.69, 9.17) is 9.47 Å². The molecule has 104 valence electrons. The van der Waals surface area contributed by atoms with E-state index >= 15 is 0 Å². The van der Waals surface area contributed by atoms with Crippen molar-refractivity contribution in [2.45, 2.75) is 57.5 Å². The van der Waals surface area contributed by atoms with Crippen LogP contribution in [0.3, 0.4) is 0 Å². The highest BCUT2D eigenvalue weighted by molar-refractivity contribution is 5.84. The van der Waals surface area contributed by atoms with Gasteiger partial charge in [0.25, 0.3) is 0 Å². The third kappa shape index (κ3) is 0.831. The van der Waals surface area contributed by atoms with Crippen LogP contribution in [0.2, 0.25) is 0 Å². The Labute approximate surface area is 112 Å². The molecule has 4 heteroatoms. The molecule has 3 saturated carbocycles. The predicted molar refractivity (Wildman–Crippen MR) is 65.1 cm³/mol. The second-order valence-corrected chi connectivity index (χ2v) is 8.04. The summed E-state index contributed by atoms with van der Waals surface area (Å²) in [6, 6.07) is 0. The molecule has 19 heavy (non-hydrogen) atoms. The van der Waals surface area contributed by atoms with E-state index in [9.17, 15) is 9.90 Å². The van der Waals surface area contributed by atoms with Gasteiger partial charge in [0.1, 0.15) is 11.7 Å². The fraction of sp³-hybridized carbons (Fsp3) is 0.933. The molecule has 4 nitrogen and oxygen atoms in total. The van der Waals surface area contributed by atoms with E-state index in [2.05, 4.69) is 13.8 Å². The number of aliphatic hydroxyl groups is 1. The topological polar surface area (TPSA) is 59.1 Å². The molecule has 1 unspecified atom stereocenters. The zero-order valence-electron chi connectivity index (χ0n) is 11.6. The van der Waals surface area contributed by atoms with Crippen LogP contribution >= 0.6 is 0 Å². The lowest BCUT2D eigenvalue weighted by Crippen LogP contribution is -2.76. The number of carbonyl (C=O) groups is 1. The molecular formula is C15H20O4. The van der Waals surface area contributed by atoms with E-state index in [-0.39, 0.29) is 34.9 Å². The Balaban J connectivity index is 1.65. The standard InChI is InChI=1S/C15H20O4/c1-13(2)7-8-10(16)14(3)6(19-14)4-5-15(8)9(7)11(13)18-12(15)17/h6-11,16H,4-5H2,1-3H3/t6-,7+,8-,9-,10-,11-,14-,15?/m0/s1. The summed E-state index contributed by atoms with van der Waals surface area (Å²) in [5.74, 6) is 0.768. The molecule has 0 aromatic rings. The van der Waals surface area contributed by atoms with Crippen molar-refractivity contribution in [2.24, 2.45) is 28.6 Å². The van der Waals surface area contributed by atoms with Gasteiger partial charge in [-0.1, -0.05) is 13.8 Å². The van der Waals surface area contributed by atoms with Crippen molar-refractivity contribution in [1.82, 2.24) is 0 Å². The van der Waals surface area contributed by atoms with Crippen LogP contribution in [-0.4, -0.2) is 35.0 Å². The molecule has 0 aromatic carbocycles. The minimum atomic E-state index is -0.521. The highest BCUT2D eigenvalue weighted by atomic mass is 16.6. The highest BCUT2D eigenvalue weighted by Gasteiger charge is 2.88. The summed E-state index contributed by atoms with van der Waals surface area (Å²) in [4.78, 5) is 12.5. The van der Waals surface area contributed by atoms with Gasteiger partial charge in [0.05, 0.1) is 17.6 Å². The Morgan fingerprint density at radius 2 is 1.95 bits per heavy atom. The summed E-state index contributed by atoms with van der Waals surface area (Å²) in [6.45, 7) is 6.34. The summed E-state index contributed by atoms with van der Waals surface area (Å²) >= 11 is 0. The van der Waals surface area contributed by atoms with Gasteiger partial charge >= 0.3 is 5.97 Å². The lowest BCUT2D eigenvalue weighted by Gasteiger charge is -2.71. The average Bonchev–Trinajstić information content (AvgIpc) is 2.94. The Hall–Kier alpha value is -0.610. The van der Waals surface area contributed by atoms with Crippen LogP contribution in [0.1, 0.15) is 33.6 Å². The predicted octanol–water partition coefficient (Wildman–Crippen LogP) is 1.11. The minimum absolute atomic E-state index is 0.0110. The Bertz CT molecular complexity index is 512. The SMILES string of the molecule is CC1(C)[C@H]2[C@H]3[C@@H]1OC(=O)C31CC[C@@H]3O[C@]3(C)[C@@H](O)[C@H]21. The van der Waals surface area contributed by atoms with Crippen LogP contribution < -0.4 is 0 Å². The number of aliphatic hydroxyl groups excluding tert-OH is 1. The first-order valence-corrected chi connectivity index (χ1v) is 7.42. The van der Waals surface area contributed by atoms with Crippen molar-refractivity contribution in [3.05, 3.63) is 0 Å². The number of hydrogen-bond donors (Lipinski definition) is 1. The van der Waals surface area contributed by atoms with E-state index in [1.807, 2.05) is 6.92 Å². The molecule has 2 aliphatic heterocycles. The van der Waals surface area contributed by atoms with Crippen molar-refractivity contribution >= 4 is 5.97 Å². The van der Waals surface area contributed by atoms with Crippen molar-refractivity contribution in [3.8, 4) is 0 Å². The molecule has 1 spiro atoms. The molecule has 8 atom stereocenters. The molecule has 5 fully saturated rings. The Morgan fingerprint density at radius 1 is 1.21 bits per heavy atom. The molecule has 5 rings (SSSR count). The molecular weight excluding hydrogens is 244 g/mol. The van der Waals surface area contributed by atoms with Crippen LogP contribution in [0.4, 0.5) is 0 Å². The van der Waals surface area contributed by atoms with Crippen LogP contribution in [-0.2, 0) is 14.3 Å². The second-order valence-electron chi connectivity index (χ2n) is 8.04. The number of rotatable bonds is 0. The van der Waals surface area contributed by atoms with Gasteiger partial charge < -0.3 is 14.6 Å². The van der Waals surface area contributed by atoms with E-state index in [0.717, 1.165) is 12.8 Å². The minimum Gasteiger partial charge on any atom is -0.461 e. The first-order chi connectivity index (χ1) is 8.85. The number of carbonyl (C=O) groups excluding carboxylic acids is 1. The number of epoxide rings is 1. The van der Waals surface area contributed by atoms with Gasteiger partial charge in [-0.15, -0.1) is 0 Å². The van der Waals surface area contributed by atoms with E-state index in [1.54, 1.807) is 0 Å². The van der Waals surface area contributed by atoms with Crippen LogP contribution in [0.15, 0.2) is 0 Å². The van der Waals surface area contributed by atoms with Crippen molar-refractivity contribution in [1.29, 1.82) is 0 Å². The molecule has 1 N–H and O–H groups in total. The molecule has 0 aromatic heterocycles. The quantitative estimate of drug-likeness (QED) is 0.526. The molecule has 0 radical (unpaired) electrons. The molecule has 0 amide bonds. The Kier molecular flexibility index (Phi) is 1.52. The average molecular weight is 264 g/mol. The van der Waals surface area contributed by atoms with Crippen LogP contribution in [0.5, 0.6) is 0 Å². The maximum Gasteiger partial charge on any atom is 0.313 e. The van der Waals surface area contributed by atoms with Gasteiger partial charge in [-0.25, -0.2) is 0 Å². The van der Waals surface area contributed by atoms with Crippen LogP contribution in [0.25, 0.3) is 0 Å². The van der Waals surface area contributed by atoms with Gasteiger partial charge in [-0.05, 0) is 25.7 Å². The smallest absolute Gasteiger partial charge is 0.313 e. The maximum absolute atomic E-state index is 12.5. The van der Waals surface area contributed by atoms with Crippen molar-refractivity contribution < 1.29 is 19.4 Å². The summed E-state index contributed by atoms with van der Waals surface area (Å²) in [5.41, 5.74) is -0.787. The lowest BCUT2D eigenvalue weighted by molar-refractivity contribution is -0.287. The number of fused-ring (bicyclic) bond motifs is 2. The molecule has 2 heterocycles. The highest BCUT2D eigenvalue weighted by Crippen LogP contribution is 2.81. The van der Waals surface area contributed by atoms with Crippen molar-refractivity contribution in [3.63, 3.8) is 0 Å². The fourth-order valence-corrected chi connectivity index (χ4v) is 6.13. The monoisotopic (exact) mass is 264 g/mol. The maximum atomic E-state index is 12.5. The van der Waals surface area contributed by atoms with Gasteiger partial charge in [0.2, 0.25) is 0 Å². The first-order valence-electron chi connectivity index (χ1n) is 7.42. The lowest BCUT2D eigenvalue weighted by atomic mass is 9.30. The van der Waals surface area contributed by atoms with Gasteiger partial charge in [-0.2, -0.15) is 0 Å². The number of esters is 1. The largest absolute Gasteiger partial charge is 0.461 e. The molecule has 2 saturated heterocycles. The Morgan fingerprint density at radius 3 is 2.68 bits per heavy atom. The zero-order valence-corrected chi connectivity index (χ0v) is 11.6. The summed E-state index contributed by atoms with van der Waals surface area (Å²) in [6.07, 6.45) is 1.41. The number of ether oxygens (including phenoxy) is 2. The van der Waals surface area contributed by atoms with Crippen molar-refractivity contribution in [2.75, 3.05) is 0 Å². The normalized spacial score (nSPS) is 66.6. The zero-order chi connectivity index (χ0) is 13.4. The molecule has 5 aliphatic rings. The van der Waals surface area contributed by atoms with E-state index in [0.29, 0.717) is 11.8 Å². The second kappa shape index (κ2) is 2.60. The third-order valence-corrected chi connectivity index (χ3v) is 7.22. The van der Waals surface area contributed by atoms with Gasteiger partial charge in [0, 0.05) is 17.3 Å². The fourth-order valence-electron chi connectivity index (χ4n) is 6.13. The summed E-state index contributed by atoms with van der Waals surface area (Å²) < 4.78 is 11.4. The number of hydrogen-bond acceptors (Lipinski definition) is 4. The third-order valence-electron chi connectivity index (χ3n) is 7.22. The summed E-state index contributed by atoms with van der Waals surface area (Å²) in [7, 11) is 0. The first kappa shape index (κ1) is 11.1. The van der Waals surface area contributed by atoms with E-state index in [1.165, 1.54) is 0 Å². The molecule has 0 bridgehead atoms. The van der Waals surface area contributed by atoms with Crippen LogP contribution in [0, 0.1) is 28.6 Å². The molecule has 3 aliphatic carbocycles.